The standard InChI is InChI=1S/C16H24N2O2/c1-18(14-7-3-2-4-8-14)16(19)10-11-20-15-9-5-6-13(17)12-15/h5-6,9,12,14H,2-4,7-8,10-11,17H2,1H3. The van der Waals surface area contributed by atoms with Crippen LogP contribution in [0, 0.1) is 0 Å². The van der Waals surface area contributed by atoms with Crippen molar-refractivity contribution in [1.82, 2.24) is 4.90 Å². The maximum absolute atomic E-state index is 12.1. The molecule has 4 nitrogen and oxygen atoms in total. The average Bonchev–Trinajstić information content (AvgIpc) is 2.47. The van der Waals surface area contributed by atoms with E-state index in [9.17, 15) is 4.79 Å². The first-order chi connectivity index (χ1) is 9.66. The van der Waals surface area contributed by atoms with Crippen molar-refractivity contribution in [2.24, 2.45) is 0 Å². The van der Waals surface area contributed by atoms with Crippen LogP contribution in [0.3, 0.4) is 0 Å². The lowest BCUT2D eigenvalue weighted by Gasteiger charge is -2.31. The Kier molecular flexibility index (Phi) is 5.27. The molecule has 0 bridgehead atoms. The molecule has 0 radical (unpaired) electrons. The van der Waals surface area contributed by atoms with Gasteiger partial charge in [0.05, 0.1) is 13.0 Å². The minimum atomic E-state index is 0.167. The Bertz CT molecular complexity index is 442. The maximum atomic E-state index is 12.1. The predicted octanol–water partition coefficient (Wildman–Crippen LogP) is 2.83. The summed E-state index contributed by atoms with van der Waals surface area (Å²) in [7, 11) is 1.92. The number of benzene rings is 1. The quantitative estimate of drug-likeness (QED) is 0.841. The molecular weight excluding hydrogens is 252 g/mol. The van der Waals surface area contributed by atoms with Crippen LogP contribution in [-0.2, 0) is 4.79 Å². The summed E-state index contributed by atoms with van der Waals surface area (Å²) in [5, 5.41) is 0. The first-order valence-electron chi connectivity index (χ1n) is 7.41. The van der Waals surface area contributed by atoms with Gasteiger partial charge in [-0.2, -0.15) is 0 Å². The fourth-order valence-corrected chi connectivity index (χ4v) is 2.71. The molecule has 2 N–H and O–H groups in total. The van der Waals surface area contributed by atoms with Crippen LogP contribution in [0.5, 0.6) is 5.75 Å². The zero-order chi connectivity index (χ0) is 14.4. The van der Waals surface area contributed by atoms with E-state index in [-0.39, 0.29) is 5.91 Å². The molecule has 1 aliphatic carbocycles. The zero-order valence-corrected chi connectivity index (χ0v) is 12.2. The van der Waals surface area contributed by atoms with Crippen molar-refractivity contribution in [3.63, 3.8) is 0 Å². The van der Waals surface area contributed by atoms with Crippen molar-refractivity contribution in [2.45, 2.75) is 44.6 Å². The molecular formula is C16H24N2O2. The molecule has 1 saturated carbocycles. The highest BCUT2D eigenvalue weighted by molar-refractivity contribution is 5.76. The molecule has 0 heterocycles. The Morgan fingerprint density at radius 3 is 2.80 bits per heavy atom. The topological polar surface area (TPSA) is 55.6 Å². The van der Waals surface area contributed by atoms with Gasteiger partial charge in [-0.05, 0) is 25.0 Å². The number of rotatable bonds is 5. The molecule has 0 atom stereocenters. The van der Waals surface area contributed by atoms with Crippen molar-refractivity contribution in [3.8, 4) is 5.75 Å². The van der Waals surface area contributed by atoms with Gasteiger partial charge in [-0.25, -0.2) is 0 Å². The van der Waals surface area contributed by atoms with Gasteiger partial charge in [0.15, 0.2) is 0 Å². The zero-order valence-electron chi connectivity index (χ0n) is 12.2. The van der Waals surface area contributed by atoms with Crippen molar-refractivity contribution in [2.75, 3.05) is 19.4 Å². The SMILES string of the molecule is CN(C(=O)CCOc1cccc(N)c1)C1CCCCC1. The van der Waals surface area contributed by atoms with Crippen LogP contribution in [0.1, 0.15) is 38.5 Å². The number of carbonyl (C=O) groups is 1. The molecule has 0 aromatic heterocycles. The van der Waals surface area contributed by atoms with Crippen LogP contribution in [-0.4, -0.2) is 30.5 Å². The highest BCUT2D eigenvalue weighted by atomic mass is 16.5. The van der Waals surface area contributed by atoms with Crippen LogP contribution >= 0.6 is 0 Å². The molecule has 20 heavy (non-hydrogen) atoms. The summed E-state index contributed by atoms with van der Waals surface area (Å²) in [4.78, 5) is 14.0. The summed E-state index contributed by atoms with van der Waals surface area (Å²) < 4.78 is 5.57. The van der Waals surface area contributed by atoms with Gasteiger partial charge in [0, 0.05) is 24.8 Å². The van der Waals surface area contributed by atoms with Crippen molar-refractivity contribution in [3.05, 3.63) is 24.3 Å². The van der Waals surface area contributed by atoms with E-state index in [1.54, 1.807) is 6.07 Å². The summed E-state index contributed by atoms with van der Waals surface area (Å²) >= 11 is 0. The number of nitrogen functional groups attached to an aromatic ring is 1. The van der Waals surface area contributed by atoms with Gasteiger partial charge in [0.1, 0.15) is 5.75 Å². The van der Waals surface area contributed by atoms with E-state index in [0.717, 1.165) is 18.6 Å². The second kappa shape index (κ2) is 7.17. The summed E-state index contributed by atoms with van der Waals surface area (Å²) in [6.07, 6.45) is 6.47. The summed E-state index contributed by atoms with van der Waals surface area (Å²) in [6, 6.07) is 7.71. The first-order valence-corrected chi connectivity index (χ1v) is 7.41. The van der Waals surface area contributed by atoms with Gasteiger partial charge in [-0.1, -0.05) is 25.3 Å². The Morgan fingerprint density at radius 2 is 2.10 bits per heavy atom. The first kappa shape index (κ1) is 14.7. The largest absolute Gasteiger partial charge is 0.493 e. The highest BCUT2D eigenvalue weighted by Crippen LogP contribution is 2.22. The third kappa shape index (κ3) is 4.15. The van der Waals surface area contributed by atoms with Gasteiger partial charge in [-0.3, -0.25) is 4.79 Å². The Balaban J connectivity index is 1.74. The number of carbonyl (C=O) groups excluding carboxylic acids is 1. The molecule has 0 spiro atoms. The van der Waals surface area contributed by atoms with Gasteiger partial charge >= 0.3 is 0 Å². The summed E-state index contributed by atoms with van der Waals surface area (Å²) in [5.74, 6) is 0.888. The van der Waals surface area contributed by atoms with Gasteiger partial charge in [0.25, 0.3) is 0 Å². The molecule has 4 heteroatoms. The van der Waals surface area contributed by atoms with Crippen molar-refractivity contribution >= 4 is 11.6 Å². The molecule has 2 rings (SSSR count). The van der Waals surface area contributed by atoms with Gasteiger partial charge in [-0.15, -0.1) is 0 Å². The molecule has 1 aromatic carbocycles. The number of ether oxygens (including phenoxy) is 1. The minimum Gasteiger partial charge on any atom is -0.493 e. The number of nitrogens with two attached hydrogens (primary N) is 1. The monoisotopic (exact) mass is 276 g/mol. The van der Waals surface area contributed by atoms with Crippen molar-refractivity contribution < 1.29 is 9.53 Å². The van der Waals surface area contributed by atoms with Crippen LogP contribution < -0.4 is 10.5 Å². The van der Waals surface area contributed by atoms with Crippen LogP contribution in [0.15, 0.2) is 24.3 Å². The summed E-state index contributed by atoms with van der Waals surface area (Å²) in [6.45, 7) is 0.402. The number of anilines is 1. The lowest BCUT2D eigenvalue weighted by molar-refractivity contribution is -0.133. The average molecular weight is 276 g/mol. The molecule has 1 fully saturated rings. The van der Waals surface area contributed by atoms with E-state index >= 15 is 0 Å². The van der Waals surface area contributed by atoms with Crippen LogP contribution in [0.25, 0.3) is 0 Å². The minimum absolute atomic E-state index is 0.167. The normalized spacial score (nSPS) is 15.8. The molecule has 110 valence electrons. The van der Waals surface area contributed by atoms with E-state index in [2.05, 4.69) is 0 Å². The molecule has 1 aromatic rings. The third-order valence-electron chi connectivity index (χ3n) is 3.96. The second-order valence-corrected chi connectivity index (χ2v) is 5.47. The third-order valence-corrected chi connectivity index (χ3v) is 3.96. The van der Waals surface area contributed by atoms with Crippen LogP contribution in [0.2, 0.25) is 0 Å². The number of nitrogens with zero attached hydrogens (tertiary/aromatic N) is 1. The molecule has 0 aliphatic heterocycles. The fourth-order valence-electron chi connectivity index (χ4n) is 2.71. The molecule has 0 unspecified atom stereocenters. The predicted molar refractivity (Wildman–Crippen MR) is 80.6 cm³/mol. The Hall–Kier alpha value is -1.71. The Morgan fingerprint density at radius 1 is 1.35 bits per heavy atom. The highest BCUT2D eigenvalue weighted by Gasteiger charge is 2.21. The maximum Gasteiger partial charge on any atom is 0.225 e. The lowest BCUT2D eigenvalue weighted by Crippen LogP contribution is -2.38. The van der Waals surface area contributed by atoms with Gasteiger partial charge in [0.2, 0.25) is 5.91 Å². The van der Waals surface area contributed by atoms with Crippen molar-refractivity contribution in [1.29, 1.82) is 0 Å². The number of hydrogen-bond acceptors (Lipinski definition) is 3. The van der Waals surface area contributed by atoms with E-state index in [1.807, 2.05) is 30.1 Å². The second-order valence-electron chi connectivity index (χ2n) is 5.47. The molecule has 1 amide bonds. The van der Waals surface area contributed by atoms with Crippen LogP contribution in [0.4, 0.5) is 5.69 Å². The fraction of sp³-hybridized carbons (Fsp3) is 0.562. The molecule has 1 aliphatic rings. The summed E-state index contributed by atoms with van der Waals surface area (Å²) in [5.41, 5.74) is 6.35. The Labute approximate surface area is 120 Å². The number of hydrogen-bond donors (Lipinski definition) is 1. The lowest BCUT2D eigenvalue weighted by atomic mass is 9.94. The van der Waals surface area contributed by atoms with Gasteiger partial charge < -0.3 is 15.4 Å². The van der Waals surface area contributed by atoms with E-state index in [4.69, 9.17) is 10.5 Å². The smallest absolute Gasteiger partial charge is 0.225 e. The van der Waals surface area contributed by atoms with E-state index < -0.39 is 0 Å². The van der Waals surface area contributed by atoms with E-state index in [0.29, 0.717) is 24.8 Å². The molecule has 0 saturated heterocycles. The van der Waals surface area contributed by atoms with E-state index in [1.165, 1.54) is 19.3 Å². The number of amides is 1.